The number of carbonyl (C=O) groups is 1. The number of hydrazine groups is 1. The number of rotatable bonds is 3. The Balaban J connectivity index is 1.93. The van der Waals surface area contributed by atoms with E-state index in [0.717, 1.165) is 25.0 Å². The Labute approximate surface area is 100 Å². The molecule has 0 aliphatic heterocycles. The van der Waals surface area contributed by atoms with Gasteiger partial charge >= 0.3 is 0 Å². The van der Waals surface area contributed by atoms with E-state index in [1.54, 1.807) is 18.2 Å². The molecule has 0 saturated carbocycles. The summed E-state index contributed by atoms with van der Waals surface area (Å²) in [5.41, 5.74) is 6.81. The van der Waals surface area contributed by atoms with Gasteiger partial charge in [-0.3, -0.25) is 10.2 Å². The van der Waals surface area contributed by atoms with E-state index in [1.165, 1.54) is 12.5 Å². The Kier molecular flexibility index (Phi) is 3.65. The van der Waals surface area contributed by atoms with Crippen LogP contribution in [0, 0.1) is 0 Å². The first kappa shape index (κ1) is 11.5. The molecule has 1 aromatic rings. The predicted octanol–water partition coefficient (Wildman–Crippen LogP) is 2.08. The average Bonchev–Trinajstić information content (AvgIpc) is 2.38. The fourth-order valence-electron chi connectivity index (χ4n) is 1.82. The number of hydrogen-bond donors (Lipinski definition) is 3. The van der Waals surface area contributed by atoms with Crippen molar-refractivity contribution in [2.45, 2.75) is 25.7 Å². The molecule has 2 rings (SSSR count). The highest BCUT2D eigenvalue weighted by atomic mass is 16.3. The Morgan fingerprint density at radius 3 is 2.76 bits per heavy atom. The van der Waals surface area contributed by atoms with Gasteiger partial charge < -0.3 is 10.5 Å². The quantitative estimate of drug-likeness (QED) is 0.699. The van der Waals surface area contributed by atoms with Crippen molar-refractivity contribution in [3.63, 3.8) is 0 Å². The second-order valence-electron chi connectivity index (χ2n) is 4.07. The lowest BCUT2D eigenvalue weighted by atomic mass is 10.1. The number of nitrogens with one attached hydrogen (secondary N) is 2. The van der Waals surface area contributed by atoms with Crippen LogP contribution in [0.4, 0.5) is 0 Å². The summed E-state index contributed by atoms with van der Waals surface area (Å²) in [6.07, 6.45) is 6.45. The summed E-state index contributed by atoms with van der Waals surface area (Å²) >= 11 is 0. The zero-order chi connectivity index (χ0) is 12.1. The number of hydrogen-bond acceptors (Lipinski definition) is 3. The Bertz CT molecular complexity index is 441. The summed E-state index contributed by atoms with van der Waals surface area (Å²) in [7, 11) is 0. The standard InChI is InChI=1S/C13H16N2O2/c16-12-9-5-4-8-11(12)13(17)15-14-10-6-2-1-3-7-10/h4-6,8-9,14,16H,1-3,7H2,(H,15,17). The molecule has 0 fully saturated rings. The van der Waals surface area contributed by atoms with E-state index >= 15 is 0 Å². The molecule has 0 aromatic heterocycles. The van der Waals surface area contributed by atoms with Crippen molar-refractivity contribution in [2.24, 2.45) is 0 Å². The number of allylic oxidation sites excluding steroid dienone is 2. The van der Waals surface area contributed by atoms with Crippen LogP contribution in [-0.2, 0) is 0 Å². The van der Waals surface area contributed by atoms with Gasteiger partial charge in [-0.25, -0.2) is 0 Å². The molecule has 1 aliphatic carbocycles. The Morgan fingerprint density at radius 2 is 2.06 bits per heavy atom. The third-order valence-electron chi connectivity index (χ3n) is 2.78. The minimum atomic E-state index is -0.324. The van der Waals surface area contributed by atoms with Crippen LogP contribution < -0.4 is 10.9 Å². The zero-order valence-corrected chi connectivity index (χ0v) is 9.57. The molecule has 0 atom stereocenters. The van der Waals surface area contributed by atoms with Crippen molar-refractivity contribution in [3.05, 3.63) is 41.6 Å². The number of phenolic OH excluding ortho intramolecular Hbond substituents is 1. The van der Waals surface area contributed by atoms with E-state index < -0.39 is 0 Å². The molecule has 4 nitrogen and oxygen atoms in total. The van der Waals surface area contributed by atoms with Gasteiger partial charge in [0.1, 0.15) is 5.75 Å². The smallest absolute Gasteiger partial charge is 0.273 e. The largest absolute Gasteiger partial charge is 0.507 e. The van der Waals surface area contributed by atoms with Gasteiger partial charge in [-0.2, -0.15) is 0 Å². The molecule has 0 bridgehead atoms. The third kappa shape index (κ3) is 3.00. The number of carbonyl (C=O) groups excluding carboxylic acids is 1. The van der Waals surface area contributed by atoms with Crippen LogP contribution in [0.5, 0.6) is 5.75 Å². The first-order valence-corrected chi connectivity index (χ1v) is 5.81. The number of benzene rings is 1. The molecule has 17 heavy (non-hydrogen) atoms. The number of phenols is 1. The molecule has 0 radical (unpaired) electrons. The molecule has 1 aromatic carbocycles. The normalized spacial score (nSPS) is 14.9. The second kappa shape index (κ2) is 5.39. The predicted molar refractivity (Wildman–Crippen MR) is 65.3 cm³/mol. The first-order valence-electron chi connectivity index (χ1n) is 5.81. The van der Waals surface area contributed by atoms with E-state index in [0.29, 0.717) is 0 Å². The summed E-state index contributed by atoms with van der Waals surface area (Å²) in [5.74, 6) is -0.334. The van der Waals surface area contributed by atoms with E-state index in [4.69, 9.17) is 0 Å². The zero-order valence-electron chi connectivity index (χ0n) is 9.57. The average molecular weight is 232 g/mol. The fraction of sp³-hybridized carbons (Fsp3) is 0.308. The summed E-state index contributed by atoms with van der Waals surface area (Å²) in [4.78, 5) is 11.7. The van der Waals surface area contributed by atoms with Crippen LogP contribution in [0.1, 0.15) is 36.0 Å². The van der Waals surface area contributed by atoms with E-state index in [2.05, 4.69) is 16.9 Å². The second-order valence-corrected chi connectivity index (χ2v) is 4.07. The maximum Gasteiger partial charge on any atom is 0.273 e. The monoisotopic (exact) mass is 232 g/mol. The van der Waals surface area contributed by atoms with Gasteiger partial charge in [0.15, 0.2) is 0 Å². The molecule has 0 spiro atoms. The van der Waals surface area contributed by atoms with Crippen molar-refractivity contribution in [1.82, 2.24) is 10.9 Å². The summed E-state index contributed by atoms with van der Waals surface area (Å²) in [6.45, 7) is 0. The van der Waals surface area contributed by atoms with Crippen molar-refractivity contribution in [2.75, 3.05) is 0 Å². The SMILES string of the molecule is O=C(NNC1=CCCCC1)c1ccccc1O. The van der Waals surface area contributed by atoms with Crippen molar-refractivity contribution in [1.29, 1.82) is 0 Å². The lowest BCUT2D eigenvalue weighted by molar-refractivity contribution is 0.0935. The number of amides is 1. The highest BCUT2D eigenvalue weighted by Gasteiger charge is 2.10. The third-order valence-corrected chi connectivity index (χ3v) is 2.78. The Morgan fingerprint density at radius 1 is 1.24 bits per heavy atom. The van der Waals surface area contributed by atoms with Crippen molar-refractivity contribution >= 4 is 5.91 Å². The highest BCUT2D eigenvalue weighted by molar-refractivity contribution is 5.96. The maximum atomic E-state index is 11.7. The molecular formula is C13H16N2O2. The molecule has 0 unspecified atom stereocenters. The summed E-state index contributed by atoms with van der Waals surface area (Å²) in [5, 5.41) is 9.51. The molecule has 90 valence electrons. The van der Waals surface area contributed by atoms with Crippen LogP contribution in [0.25, 0.3) is 0 Å². The highest BCUT2D eigenvalue weighted by Crippen LogP contribution is 2.16. The lowest BCUT2D eigenvalue weighted by Crippen LogP contribution is -2.37. The van der Waals surface area contributed by atoms with Crippen LogP contribution in [0.2, 0.25) is 0 Å². The van der Waals surface area contributed by atoms with E-state index in [1.807, 2.05) is 0 Å². The fourth-order valence-corrected chi connectivity index (χ4v) is 1.82. The van der Waals surface area contributed by atoms with Gasteiger partial charge in [-0.15, -0.1) is 0 Å². The van der Waals surface area contributed by atoms with Crippen LogP contribution >= 0.6 is 0 Å². The lowest BCUT2D eigenvalue weighted by Gasteiger charge is -2.15. The minimum Gasteiger partial charge on any atom is -0.507 e. The first-order chi connectivity index (χ1) is 8.27. The van der Waals surface area contributed by atoms with Crippen LogP contribution in [0.3, 0.4) is 0 Å². The van der Waals surface area contributed by atoms with Gasteiger partial charge in [0.25, 0.3) is 5.91 Å². The summed E-state index contributed by atoms with van der Waals surface area (Å²) in [6, 6.07) is 6.48. The van der Waals surface area contributed by atoms with Crippen molar-refractivity contribution < 1.29 is 9.90 Å². The molecule has 1 amide bonds. The van der Waals surface area contributed by atoms with Gasteiger partial charge in [0, 0.05) is 5.70 Å². The Hall–Kier alpha value is -1.97. The van der Waals surface area contributed by atoms with E-state index in [-0.39, 0.29) is 17.2 Å². The number of para-hydroxylation sites is 1. The maximum absolute atomic E-state index is 11.7. The van der Waals surface area contributed by atoms with Crippen molar-refractivity contribution in [3.8, 4) is 5.75 Å². The molecule has 0 heterocycles. The molecule has 4 heteroatoms. The van der Waals surface area contributed by atoms with Crippen LogP contribution in [0.15, 0.2) is 36.0 Å². The molecule has 1 aliphatic rings. The molecular weight excluding hydrogens is 216 g/mol. The molecule has 0 saturated heterocycles. The van der Waals surface area contributed by atoms with Gasteiger partial charge in [-0.05, 0) is 37.8 Å². The molecule has 3 N–H and O–H groups in total. The van der Waals surface area contributed by atoms with E-state index in [9.17, 15) is 9.90 Å². The van der Waals surface area contributed by atoms with Gasteiger partial charge in [0.2, 0.25) is 0 Å². The van der Waals surface area contributed by atoms with Crippen LogP contribution in [-0.4, -0.2) is 11.0 Å². The minimum absolute atomic E-state index is 0.00979. The van der Waals surface area contributed by atoms with Gasteiger partial charge in [0.05, 0.1) is 5.56 Å². The van der Waals surface area contributed by atoms with Gasteiger partial charge in [-0.1, -0.05) is 18.2 Å². The topological polar surface area (TPSA) is 61.4 Å². The number of aromatic hydroxyl groups is 1. The summed E-state index contributed by atoms with van der Waals surface area (Å²) < 4.78 is 0.